The van der Waals surface area contributed by atoms with Crippen LogP contribution < -0.4 is 9.80 Å². The number of piperidine rings is 1. The van der Waals surface area contributed by atoms with Gasteiger partial charge in [-0.05, 0) is 48.4 Å². The van der Waals surface area contributed by atoms with Crippen LogP contribution in [0.25, 0.3) is 10.4 Å². The van der Waals surface area contributed by atoms with Crippen LogP contribution in [-0.4, -0.2) is 60.0 Å². The SMILES string of the molecule is O=C(c1ccc(-c2cccs2)cc1)N1CCN(c2cc(N3CCCCC3)ncn2)CC1. The minimum absolute atomic E-state index is 0.106. The fourth-order valence-corrected chi connectivity index (χ4v) is 5.08. The quantitative estimate of drug-likeness (QED) is 0.618. The molecule has 1 aromatic carbocycles. The maximum atomic E-state index is 13.0. The van der Waals surface area contributed by atoms with E-state index < -0.39 is 0 Å². The van der Waals surface area contributed by atoms with Crippen molar-refractivity contribution in [1.82, 2.24) is 14.9 Å². The van der Waals surface area contributed by atoms with Gasteiger partial charge in [-0.2, -0.15) is 0 Å². The highest BCUT2D eigenvalue weighted by molar-refractivity contribution is 7.13. The van der Waals surface area contributed by atoms with Gasteiger partial charge < -0.3 is 14.7 Å². The van der Waals surface area contributed by atoms with Crippen molar-refractivity contribution in [3.8, 4) is 10.4 Å². The number of amides is 1. The van der Waals surface area contributed by atoms with Gasteiger partial charge in [-0.1, -0.05) is 18.2 Å². The summed E-state index contributed by atoms with van der Waals surface area (Å²) in [6.45, 7) is 5.13. The first-order chi connectivity index (χ1) is 15.3. The van der Waals surface area contributed by atoms with Crippen molar-refractivity contribution in [2.24, 2.45) is 0 Å². The third kappa shape index (κ3) is 4.42. The Hall–Kier alpha value is -2.93. The molecule has 3 aromatic rings. The van der Waals surface area contributed by atoms with E-state index in [0.717, 1.165) is 48.9 Å². The van der Waals surface area contributed by atoms with Gasteiger partial charge >= 0.3 is 0 Å². The average Bonchev–Trinajstić information content (AvgIpc) is 3.40. The maximum absolute atomic E-state index is 13.0. The molecule has 0 atom stereocenters. The molecule has 1 amide bonds. The smallest absolute Gasteiger partial charge is 0.253 e. The zero-order chi connectivity index (χ0) is 21.0. The molecular weight excluding hydrogens is 406 g/mol. The van der Waals surface area contributed by atoms with E-state index in [2.05, 4.69) is 37.3 Å². The van der Waals surface area contributed by atoms with E-state index in [-0.39, 0.29) is 5.91 Å². The summed E-state index contributed by atoms with van der Waals surface area (Å²) in [5.41, 5.74) is 1.91. The summed E-state index contributed by atoms with van der Waals surface area (Å²) in [5, 5.41) is 2.07. The zero-order valence-electron chi connectivity index (χ0n) is 17.6. The molecule has 160 valence electrons. The van der Waals surface area contributed by atoms with E-state index in [0.29, 0.717) is 13.1 Å². The van der Waals surface area contributed by atoms with E-state index in [1.807, 2.05) is 35.2 Å². The number of carbonyl (C=O) groups excluding carboxylic acids is 1. The zero-order valence-corrected chi connectivity index (χ0v) is 18.4. The third-order valence-corrected chi connectivity index (χ3v) is 7.07. The number of thiophene rings is 1. The van der Waals surface area contributed by atoms with Gasteiger partial charge in [0.25, 0.3) is 5.91 Å². The summed E-state index contributed by atoms with van der Waals surface area (Å²) in [6.07, 6.45) is 5.44. The number of anilines is 2. The highest BCUT2D eigenvalue weighted by Crippen LogP contribution is 2.26. The van der Waals surface area contributed by atoms with Crippen molar-refractivity contribution in [1.29, 1.82) is 0 Å². The van der Waals surface area contributed by atoms with Crippen molar-refractivity contribution in [3.63, 3.8) is 0 Å². The van der Waals surface area contributed by atoms with Gasteiger partial charge in [-0.15, -0.1) is 11.3 Å². The average molecular weight is 434 g/mol. The third-order valence-electron chi connectivity index (χ3n) is 6.15. The van der Waals surface area contributed by atoms with Crippen LogP contribution in [0.15, 0.2) is 54.2 Å². The van der Waals surface area contributed by atoms with E-state index in [4.69, 9.17) is 0 Å². The standard InChI is InChI=1S/C24H27N5OS/c30-24(20-8-6-19(7-9-20)21-5-4-16-31-21)29-14-12-28(13-15-29)23-17-22(25-18-26-23)27-10-2-1-3-11-27/h4-9,16-18H,1-3,10-15H2. The number of piperazine rings is 1. The highest BCUT2D eigenvalue weighted by Gasteiger charge is 2.24. The predicted octanol–water partition coefficient (Wildman–Crippen LogP) is 4.16. The number of rotatable bonds is 4. The van der Waals surface area contributed by atoms with Crippen LogP contribution in [0.4, 0.5) is 11.6 Å². The van der Waals surface area contributed by atoms with Crippen molar-refractivity contribution in [2.75, 3.05) is 49.1 Å². The van der Waals surface area contributed by atoms with E-state index >= 15 is 0 Å². The summed E-state index contributed by atoms with van der Waals surface area (Å²) >= 11 is 1.71. The van der Waals surface area contributed by atoms with E-state index in [1.165, 1.54) is 24.1 Å². The van der Waals surface area contributed by atoms with Crippen LogP contribution in [0.2, 0.25) is 0 Å². The first kappa shape index (κ1) is 20.0. The molecule has 2 saturated heterocycles. The molecule has 0 saturated carbocycles. The van der Waals surface area contributed by atoms with Crippen LogP contribution in [0.1, 0.15) is 29.6 Å². The summed E-state index contributed by atoms with van der Waals surface area (Å²) < 4.78 is 0. The molecule has 0 bridgehead atoms. The first-order valence-electron chi connectivity index (χ1n) is 11.0. The van der Waals surface area contributed by atoms with Gasteiger partial charge in [0, 0.05) is 55.8 Å². The molecule has 4 heterocycles. The normalized spacial score (nSPS) is 17.1. The Kier molecular flexibility index (Phi) is 5.84. The second-order valence-electron chi connectivity index (χ2n) is 8.12. The number of carbonyl (C=O) groups is 1. The van der Waals surface area contributed by atoms with Crippen molar-refractivity contribution >= 4 is 28.9 Å². The molecular formula is C24H27N5OS. The lowest BCUT2D eigenvalue weighted by Gasteiger charge is -2.36. The highest BCUT2D eigenvalue weighted by atomic mass is 32.1. The number of benzene rings is 1. The Morgan fingerprint density at radius 2 is 1.48 bits per heavy atom. The van der Waals surface area contributed by atoms with Gasteiger partial charge in [0.1, 0.15) is 18.0 Å². The Bertz CT molecular complexity index is 1010. The molecule has 7 heteroatoms. The summed E-state index contributed by atoms with van der Waals surface area (Å²) in [7, 11) is 0. The molecule has 0 N–H and O–H groups in total. The topological polar surface area (TPSA) is 52.6 Å². The number of hydrogen-bond acceptors (Lipinski definition) is 6. The van der Waals surface area contributed by atoms with Gasteiger partial charge in [0.2, 0.25) is 0 Å². The molecule has 0 unspecified atom stereocenters. The fourth-order valence-electron chi connectivity index (χ4n) is 4.35. The predicted molar refractivity (Wildman–Crippen MR) is 126 cm³/mol. The van der Waals surface area contributed by atoms with Gasteiger partial charge in [0.15, 0.2) is 0 Å². The second-order valence-corrected chi connectivity index (χ2v) is 9.06. The lowest BCUT2D eigenvalue weighted by Crippen LogP contribution is -2.49. The Morgan fingerprint density at radius 1 is 0.806 bits per heavy atom. The van der Waals surface area contributed by atoms with Crippen LogP contribution in [0.5, 0.6) is 0 Å². The van der Waals surface area contributed by atoms with Crippen molar-refractivity contribution in [3.05, 3.63) is 59.7 Å². The van der Waals surface area contributed by atoms with Gasteiger partial charge in [0.05, 0.1) is 0 Å². The number of nitrogens with zero attached hydrogens (tertiary/aromatic N) is 5. The monoisotopic (exact) mass is 433 g/mol. The van der Waals surface area contributed by atoms with Crippen LogP contribution >= 0.6 is 11.3 Å². The largest absolute Gasteiger partial charge is 0.356 e. The molecule has 2 aliphatic heterocycles. The molecule has 2 aliphatic rings. The van der Waals surface area contributed by atoms with Crippen LogP contribution in [-0.2, 0) is 0 Å². The molecule has 6 nitrogen and oxygen atoms in total. The molecule has 0 aliphatic carbocycles. The minimum Gasteiger partial charge on any atom is -0.356 e. The van der Waals surface area contributed by atoms with E-state index in [9.17, 15) is 4.79 Å². The van der Waals surface area contributed by atoms with E-state index in [1.54, 1.807) is 17.7 Å². The van der Waals surface area contributed by atoms with Crippen LogP contribution in [0, 0.1) is 0 Å². The summed E-state index contributed by atoms with van der Waals surface area (Å²) in [4.78, 5) is 29.8. The molecule has 0 radical (unpaired) electrons. The molecule has 2 fully saturated rings. The molecule has 31 heavy (non-hydrogen) atoms. The Balaban J connectivity index is 1.21. The van der Waals surface area contributed by atoms with Crippen LogP contribution in [0.3, 0.4) is 0 Å². The van der Waals surface area contributed by atoms with Gasteiger partial charge in [-0.25, -0.2) is 9.97 Å². The number of aromatic nitrogens is 2. The molecule has 0 spiro atoms. The molecule has 5 rings (SSSR count). The summed E-state index contributed by atoms with van der Waals surface area (Å²) in [6, 6.07) is 14.2. The summed E-state index contributed by atoms with van der Waals surface area (Å²) in [5.74, 6) is 2.09. The lowest BCUT2D eigenvalue weighted by atomic mass is 10.1. The maximum Gasteiger partial charge on any atom is 0.253 e. The minimum atomic E-state index is 0.106. The second kappa shape index (κ2) is 9.06. The Labute approximate surface area is 187 Å². The Morgan fingerprint density at radius 3 is 2.13 bits per heavy atom. The van der Waals surface area contributed by atoms with Crippen molar-refractivity contribution < 1.29 is 4.79 Å². The fraction of sp³-hybridized carbons (Fsp3) is 0.375. The van der Waals surface area contributed by atoms with Crippen molar-refractivity contribution in [2.45, 2.75) is 19.3 Å². The number of hydrogen-bond donors (Lipinski definition) is 0. The first-order valence-corrected chi connectivity index (χ1v) is 11.9. The molecule has 2 aromatic heterocycles. The lowest BCUT2D eigenvalue weighted by molar-refractivity contribution is 0.0746. The van der Waals surface area contributed by atoms with Gasteiger partial charge in [-0.3, -0.25) is 4.79 Å².